The van der Waals surface area contributed by atoms with Crippen LogP contribution >= 0.6 is 8.58 Å². The lowest BCUT2D eigenvalue weighted by atomic mass is 9.95. The Bertz CT molecular complexity index is 689. The summed E-state index contributed by atoms with van der Waals surface area (Å²) in [5, 5.41) is 4.72. The average Bonchev–Trinajstić information content (AvgIpc) is 2.62. The van der Waals surface area contributed by atoms with Crippen LogP contribution in [0.25, 0.3) is 0 Å². The first-order valence-electron chi connectivity index (χ1n) is 8.77. The lowest BCUT2D eigenvalue weighted by molar-refractivity contribution is 0.0500. The van der Waals surface area contributed by atoms with Crippen molar-refractivity contribution in [3.63, 3.8) is 0 Å². The Hall–Kier alpha value is -1.41. The van der Waals surface area contributed by atoms with Gasteiger partial charge < -0.3 is 14.8 Å². The summed E-state index contributed by atoms with van der Waals surface area (Å²) in [4.78, 5) is 0. The SMILES string of the molecule is CCC(C)(Pc1ccccc1CNC)c1cc(C)ccc1OCOC. The van der Waals surface area contributed by atoms with Crippen molar-refractivity contribution in [1.82, 2.24) is 5.32 Å². The molecule has 0 aliphatic rings. The molecule has 0 saturated carbocycles. The summed E-state index contributed by atoms with van der Waals surface area (Å²) >= 11 is 0. The van der Waals surface area contributed by atoms with Gasteiger partial charge in [-0.15, -0.1) is 0 Å². The zero-order valence-corrected chi connectivity index (χ0v) is 17.0. The topological polar surface area (TPSA) is 30.5 Å². The van der Waals surface area contributed by atoms with E-state index in [2.05, 4.69) is 68.6 Å². The van der Waals surface area contributed by atoms with Crippen molar-refractivity contribution < 1.29 is 9.47 Å². The number of hydrogen-bond acceptors (Lipinski definition) is 3. The zero-order valence-electron chi connectivity index (χ0n) is 16.0. The van der Waals surface area contributed by atoms with Crippen molar-refractivity contribution >= 4 is 13.9 Å². The Morgan fingerprint density at radius 3 is 2.60 bits per heavy atom. The van der Waals surface area contributed by atoms with Gasteiger partial charge in [-0.2, -0.15) is 0 Å². The molecule has 2 unspecified atom stereocenters. The van der Waals surface area contributed by atoms with Gasteiger partial charge in [-0.1, -0.05) is 64.4 Å². The van der Waals surface area contributed by atoms with E-state index < -0.39 is 0 Å². The van der Waals surface area contributed by atoms with Crippen LogP contribution in [0.2, 0.25) is 0 Å². The number of aryl methyl sites for hydroxylation is 1. The van der Waals surface area contributed by atoms with Crippen molar-refractivity contribution in [1.29, 1.82) is 0 Å². The third-order valence-electron chi connectivity index (χ3n) is 4.56. The second-order valence-electron chi connectivity index (χ2n) is 6.55. The first kappa shape index (κ1) is 19.9. The molecule has 0 spiro atoms. The van der Waals surface area contributed by atoms with Crippen molar-refractivity contribution in [2.75, 3.05) is 21.0 Å². The van der Waals surface area contributed by atoms with E-state index in [1.807, 2.05) is 7.05 Å². The molecule has 2 rings (SSSR count). The Kier molecular flexibility index (Phi) is 7.43. The van der Waals surface area contributed by atoms with Gasteiger partial charge in [0.15, 0.2) is 6.79 Å². The normalized spacial score (nSPS) is 14.0. The van der Waals surface area contributed by atoms with Crippen molar-refractivity contribution in [3.8, 4) is 5.75 Å². The molecule has 3 nitrogen and oxygen atoms in total. The molecule has 1 N–H and O–H groups in total. The minimum Gasteiger partial charge on any atom is -0.467 e. The molecule has 2 aromatic rings. The van der Waals surface area contributed by atoms with E-state index >= 15 is 0 Å². The average molecular weight is 359 g/mol. The van der Waals surface area contributed by atoms with Gasteiger partial charge in [0.2, 0.25) is 0 Å². The third-order valence-corrected chi connectivity index (χ3v) is 6.50. The molecule has 0 aliphatic heterocycles. The highest BCUT2D eigenvalue weighted by Gasteiger charge is 2.29. The van der Waals surface area contributed by atoms with Crippen LogP contribution in [-0.2, 0) is 16.4 Å². The molecule has 0 amide bonds. The molecule has 0 fully saturated rings. The number of benzene rings is 2. The molecule has 0 saturated heterocycles. The highest BCUT2D eigenvalue weighted by atomic mass is 31.1. The Morgan fingerprint density at radius 1 is 1.16 bits per heavy atom. The van der Waals surface area contributed by atoms with Crippen molar-refractivity contribution in [2.45, 2.75) is 38.9 Å². The quantitative estimate of drug-likeness (QED) is 0.534. The van der Waals surface area contributed by atoms with Crippen molar-refractivity contribution in [3.05, 3.63) is 59.2 Å². The maximum Gasteiger partial charge on any atom is 0.188 e. The lowest BCUT2D eigenvalue weighted by Crippen LogP contribution is -2.22. The van der Waals surface area contributed by atoms with Gasteiger partial charge in [-0.05, 0) is 37.3 Å². The molecular formula is C21H30NO2P. The molecule has 136 valence electrons. The summed E-state index contributed by atoms with van der Waals surface area (Å²) < 4.78 is 11.0. The first-order valence-corrected chi connectivity index (χ1v) is 9.77. The van der Waals surface area contributed by atoms with Crippen LogP contribution in [0.4, 0.5) is 0 Å². The summed E-state index contributed by atoms with van der Waals surface area (Å²) in [7, 11) is 4.32. The fourth-order valence-corrected chi connectivity index (χ4v) is 4.57. The van der Waals surface area contributed by atoms with E-state index in [0.717, 1.165) is 18.7 Å². The van der Waals surface area contributed by atoms with Gasteiger partial charge >= 0.3 is 0 Å². The van der Waals surface area contributed by atoms with E-state index in [1.165, 1.54) is 22.0 Å². The fourth-order valence-electron chi connectivity index (χ4n) is 2.95. The maximum atomic E-state index is 5.87. The number of ether oxygens (including phenoxy) is 2. The number of nitrogens with one attached hydrogen (secondary N) is 1. The second kappa shape index (κ2) is 9.33. The monoisotopic (exact) mass is 359 g/mol. The summed E-state index contributed by atoms with van der Waals surface area (Å²) in [5.74, 6) is 0.926. The van der Waals surface area contributed by atoms with E-state index in [1.54, 1.807) is 7.11 Å². The molecule has 2 atom stereocenters. The summed E-state index contributed by atoms with van der Waals surface area (Å²) in [6.07, 6.45) is 1.05. The summed E-state index contributed by atoms with van der Waals surface area (Å²) in [6, 6.07) is 15.2. The van der Waals surface area contributed by atoms with E-state index in [-0.39, 0.29) is 11.9 Å². The number of hydrogen-bond donors (Lipinski definition) is 1. The van der Waals surface area contributed by atoms with E-state index in [4.69, 9.17) is 9.47 Å². The van der Waals surface area contributed by atoms with E-state index in [0.29, 0.717) is 8.58 Å². The molecule has 0 bridgehead atoms. The highest BCUT2D eigenvalue weighted by molar-refractivity contribution is 7.48. The van der Waals surface area contributed by atoms with E-state index in [9.17, 15) is 0 Å². The Labute approximate surface area is 153 Å². The van der Waals surface area contributed by atoms with Crippen molar-refractivity contribution in [2.24, 2.45) is 0 Å². The highest BCUT2D eigenvalue weighted by Crippen LogP contribution is 2.47. The van der Waals surface area contributed by atoms with Gasteiger partial charge in [0.25, 0.3) is 0 Å². The van der Waals surface area contributed by atoms with Gasteiger partial charge in [-0.3, -0.25) is 0 Å². The number of rotatable bonds is 9. The van der Waals surface area contributed by atoms with Crippen LogP contribution in [0, 0.1) is 6.92 Å². The Morgan fingerprint density at radius 2 is 1.92 bits per heavy atom. The molecule has 25 heavy (non-hydrogen) atoms. The standard InChI is InChI=1S/C21H30NO2P/c1-6-21(3,25-20-10-8-7-9-17(20)14-22-4)18-13-16(2)11-12-19(18)24-15-23-5/h7-13,22,25H,6,14-15H2,1-5H3. The maximum absolute atomic E-state index is 5.87. The number of methoxy groups -OCH3 is 1. The van der Waals surface area contributed by atoms with Crippen LogP contribution in [0.1, 0.15) is 37.0 Å². The molecule has 0 heterocycles. The fraction of sp³-hybridized carbons (Fsp3) is 0.429. The minimum absolute atomic E-state index is 0.0267. The predicted octanol–water partition coefficient (Wildman–Crippen LogP) is 4.33. The van der Waals surface area contributed by atoms with Gasteiger partial charge in [0.05, 0.1) is 0 Å². The van der Waals surface area contributed by atoms with Gasteiger partial charge in [-0.25, -0.2) is 0 Å². The van der Waals surface area contributed by atoms with Crippen LogP contribution in [0.15, 0.2) is 42.5 Å². The van der Waals surface area contributed by atoms with Crippen LogP contribution < -0.4 is 15.4 Å². The first-order chi connectivity index (χ1) is 12.0. The van der Waals surface area contributed by atoms with Gasteiger partial charge in [0.1, 0.15) is 5.75 Å². The van der Waals surface area contributed by atoms with Gasteiger partial charge in [0, 0.05) is 24.4 Å². The molecule has 0 aliphatic carbocycles. The third kappa shape index (κ3) is 5.04. The summed E-state index contributed by atoms with van der Waals surface area (Å²) in [5.41, 5.74) is 3.90. The minimum atomic E-state index is 0.0267. The smallest absolute Gasteiger partial charge is 0.188 e. The summed E-state index contributed by atoms with van der Waals surface area (Å²) in [6.45, 7) is 7.91. The van der Waals surface area contributed by atoms with Crippen LogP contribution in [0.3, 0.4) is 0 Å². The predicted molar refractivity (Wildman–Crippen MR) is 108 cm³/mol. The second-order valence-corrected chi connectivity index (χ2v) is 8.44. The largest absolute Gasteiger partial charge is 0.467 e. The molecule has 2 aromatic carbocycles. The molecule has 0 aromatic heterocycles. The molecule has 0 radical (unpaired) electrons. The Balaban J connectivity index is 2.42. The molecular weight excluding hydrogens is 329 g/mol. The molecule has 4 heteroatoms. The zero-order chi connectivity index (χ0) is 18.3. The lowest BCUT2D eigenvalue weighted by Gasteiger charge is -2.32. The van der Waals surface area contributed by atoms with Crippen LogP contribution in [0.5, 0.6) is 5.75 Å². The van der Waals surface area contributed by atoms with Crippen LogP contribution in [-0.4, -0.2) is 21.0 Å².